The molecule has 1 rings (SSSR count). The molecule has 0 amide bonds. The van der Waals surface area contributed by atoms with Crippen molar-refractivity contribution in [3.8, 4) is 0 Å². The normalized spacial score (nSPS) is 12.8. The van der Waals surface area contributed by atoms with Crippen molar-refractivity contribution in [1.82, 2.24) is 5.32 Å². The number of carboxylic acids is 1. The lowest BCUT2D eigenvalue weighted by Gasteiger charge is -2.18. The second kappa shape index (κ2) is 6.17. The molecule has 0 aliphatic rings. The number of aliphatic carboxylic acids is 1. The number of hydrogen-bond donors (Lipinski definition) is 2. The van der Waals surface area contributed by atoms with Gasteiger partial charge in [0.2, 0.25) is 0 Å². The average Bonchev–Trinajstić information content (AvgIpc) is 2.20. The maximum absolute atomic E-state index is 11.0. The van der Waals surface area contributed by atoms with Crippen LogP contribution in [0.1, 0.15) is 25.0 Å². The highest BCUT2D eigenvalue weighted by molar-refractivity contribution is 9.10. The Morgan fingerprint density at radius 1 is 1.47 bits per heavy atom. The molecule has 0 saturated carbocycles. The Morgan fingerprint density at radius 3 is 2.59 bits per heavy atom. The molecule has 0 aliphatic carbocycles. The predicted molar refractivity (Wildman–Crippen MR) is 72.0 cm³/mol. The predicted octanol–water partition coefficient (Wildman–Crippen LogP) is 2.96. The lowest BCUT2D eigenvalue weighted by Crippen LogP contribution is -2.40. The van der Waals surface area contributed by atoms with Gasteiger partial charge in [-0.2, -0.15) is 0 Å². The highest BCUT2D eigenvalue weighted by atomic mass is 79.9. The number of rotatable bonds is 5. The number of carboxylic acid groups (broad SMARTS) is 1. The van der Waals surface area contributed by atoms with Crippen molar-refractivity contribution in [1.29, 1.82) is 0 Å². The second-order valence-electron chi connectivity index (χ2n) is 4.51. The van der Waals surface area contributed by atoms with Crippen LogP contribution < -0.4 is 5.32 Å². The first-order valence-corrected chi connectivity index (χ1v) is 6.42. The van der Waals surface area contributed by atoms with Crippen LogP contribution in [-0.4, -0.2) is 17.1 Å². The van der Waals surface area contributed by atoms with Gasteiger partial charge in [-0.05, 0) is 36.1 Å². The molecular weight excluding hydrogens is 282 g/mol. The summed E-state index contributed by atoms with van der Waals surface area (Å²) in [6.45, 7) is 6.40. The Bertz CT molecular complexity index is 404. The van der Waals surface area contributed by atoms with E-state index in [0.29, 0.717) is 6.54 Å². The molecule has 0 aliphatic heterocycles. The van der Waals surface area contributed by atoms with Gasteiger partial charge in [-0.25, -0.2) is 0 Å². The Morgan fingerprint density at radius 2 is 2.12 bits per heavy atom. The quantitative estimate of drug-likeness (QED) is 0.879. The van der Waals surface area contributed by atoms with Crippen LogP contribution in [0.2, 0.25) is 0 Å². The van der Waals surface area contributed by atoms with E-state index >= 15 is 0 Å². The molecule has 0 bridgehead atoms. The average molecular weight is 300 g/mol. The van der Waals surface area contributed by atoms with Crippen molar-refractivity contribution in [2.45, 2.75) is 33.4 Å². The second-order valence-corrected chi connectivity index (χ2v) is 5.43. The fourth-order valence-electron chi connectivity index (χ4n) is 1.69. The zero-order valence-corrected chi connectivity index (χ0v) is 11.9. The highest BCUT2D eigenvalue weighted by Gasteiger charge is 2.20. The van der Waals surface area contributed by atoms with Gasteiger partial charge < -0.3 is 10.4 Å². The fourth-order valence-corrected chi connectivity index (χ4v) is 2.16. The first kappa shape index (κ1) is 14.2. The van der Waals surface area contributed by atoms with E-state index in [0.717, 1.165) is 15.6 Å². The summed E-state index contributed by atoms with van der Waals surface area (Å²) in [5, 5.41) is 12.1. The van der Waals surface area contributed by atoms with Crippen LogP contribution in [0.25, 0.3) is 0 Å². The summed E-state index contributed by atoms with van der Waals surface area (Å²) in [7, 11) is 0. The van der Waals surface area contributed by atoms with E-state index in [-0.39, 0.29) is 5.92 Å². The van der Waals surface area contributed by atoms with Crippen molar-refractivity contribution in [2.24, 2.45) is 5.92 Å². The van der Waals surface area contributed by atoms with Crippen molar-refractivity contribution in [2.75, 3.05) is 0 Å². The Balaban J connectivity index is 2.69. The molecule has 0 saturated heterocycles. The van der Waals surface area contributed by atoms with Crippen LogP contribution in [0.4, 0.5) is 0 Å². The molecule has 1 aromatic carbocycles. The first-order chi connectivity index (χ1) is 7.91. The SMILES string of the molecule is Cc1cc(Br)ccc1CN[C@H](C(=O)O)C(C)C. The van der Waals surface area contributed by atoms with Crippen molar-refractivity contribution >= 4 is 21.9 Å². The molecule has 2 N–H and O–H groups in total. The number of hydrogen-bond acceptors (Lipinski definition) is 2. The zero-order chi connectivity index (χ0) is 13.0. The smallest absolute Gasteiger partial charge is 0.320 e. The summed E-state index contributed by atoms with van der Waals surface area (Å²) in [5.74, 6) is -0.724. The van der Waals surface area contributed by atoms with Gasteiger partial charge in [-0.1, -0.05) is 35.8 Å². The van der Waals surface area contributed by atoms with Gasteiger partial charge in [-0.3, -0.25) is 4.79 Å². The molecule has 0 radical (unpaired) electrons. The summed E-state index contributed by atoms with van der Waals surface area (Å²) in [5.41, 5.74) is 2.28. The van der Waals surface area contributed by atoms with Crippen LogP contribution in [0, 0.1) is 12.8 Å². The molecule has 1 aromatic rings. The molecule has 0 aromatic heterocycles. The van der Waals surface area contributed by atoms with Gasteiger partial charge in [-0.15, -0.1) is 0 Å². The Kier molecular flexibility index (Phi) is 5.15. The molecule has 17 heavy (non-hydrogen) atoms. The summed E-state index contributed by atoms with van der Waals surface area (Å²) in [4.78, 5) is 11.0. The fraction of sp³-hybridized carbons (Fsp3) is 0.462. The largest absolute Gasteiger partial charge is 0.480 e. The van der Waals surface area contributed by atoms with Crippen LogP contribution in [-0.2, 0) is 11.3 Å². The highest BCUT2D eigenvalue weighted by Crippen LogP contribution is 2.16. The van der Waals surface area contributed by atoms with Crippen LogP contribution >= 0.6 is 15.9 Å². The van der Waals surface area contributed by atoms with Gasteiger partial charge in [0, 0.05) is 11.0 Å². The van der Waals surface area contributed by atoms with E-state index in [9.17, 15) is 4.79 Å². The minimum Gasteiger partial charge on any atom is -0.480 e. The van der Waals surface area contributed by atoms with Crippen molar-refractivity contribution in [3.05, 3.63) is 33.8 Å². The molecule has 3 nitrogen and oxygen atoms in total. The third-order valence-electron chi connectivity index (χ3n) is 2.75. The van der Waals surface area contributed by atoms with Gasteiger partial charge in [0.15, 0.2) is 0 Å². The van der Waals surface area contributed by atoms with E-state index < -0.39 is 12.0 Å². The van der Waals surface area contributed by atoms with E-state index in [4.69, 9.17) is 5.11 Å². The lowest BCUT2D eigenvalue weighted by atomic mass is 10.0. The number of benzene rings is 1. The lowest BCUT2D eigenvalue weighted by molar-refractivity contribution is -0.140. The molecule has 1 atom stereocenters. The minimum absolute atomic E-state index is 0.0725. The number of aryl methyl sites for hydroxylation is 1. The number of nitrogens with one attached hydrogen (secondary N) is 1. The maximum atomic E-state index is 11.0. The molecule has 0 heterocycles. The molecule has 94 valence electrons. The monoisotopic (exact) mass is 299 g/mol. The third kappa shape index (κ3) is 4.13. The maximum Gasteiger partial charge on any atom is 0.320 e. The van der Waals surface area contributed by atoms with Gasteiger partial charge in [0.25, 0.3) is 0 Å². The van der Waals surface area contributed by atoms with Crippen LogP contribution in [0.15, 0.2) is 22.7 Å². The number of halogens is 1. The summed E-state index contributed by atoms with van der Waals surface area (Å²) >= 11 is 3.41. The Hall–Kier alpha value is -0.870. The van der Waals surface area contributed by atoms with Crippen molar-refractivity contribution in [3.63, 3.8) is 0 Å². The van der Waals surface area contributed by atoms with E-state index in [1.165, 1.54) is 0 Å². The summed E-state index contributed by atoms with van der Waals surface area (Å²) in [6.07, 6.45) is 0. The molecule has 4 heteroatoms. The summed E-state index contributed by atoms with van der Waals surface area (Å²) < 4.78 is 1.04. The zero-order valence-electron chi connectivity index (χ0n) is 10.3. The number of carbonyl (C=O) groups is 1. The van der Waals surface area contributed by atoms with E-state index in [2.05, 4.69) is 21.2 Å². The van der Waals surface area contributed by atoms with E-state index in [1.807, 2.05) is 39.0 Å². The molecular formula is C13H18BrNO2. The van der Waals surface area contributed by atoms with E-state index in [1.54, 1.807) is 0 Å². The third-order valence-corrected chi connectivity index (χ3v) is 3.24. The molecule has 0 spiro atoms. The van der Waals surface area contributed by atoms with Crippen molar-refractivity contribution < 1.29 is 9.90 Å². The van der Waals surface area contributed by atoms with Gasteiger partial charge in [0.05, 0.1) is 0 Å². The van der Waals surface area contributed by atoms with Gasteiger partial charge >= 0.3 is 5.97 Å². The van der Waals surface area contributed by atoms with Crippen LogP contribution in [0.5, 0.6) is 0 Å². The summed E-state index contributed by atoms with van der Waals surface area (Å²) in [6, 6.07) is 5.50. The first-order valence-electron chi connectivity index (χ1n) is 5.63. The van der Waals surface area contributed by atoms with Gasteiger partial charge in [0.1, 0.15) is 6.04 Å². The molecule has 0 fully saturated rings. The Labute approximate surface area is 110 Å². The van der Waals surface area contributed by atoms with Crippen LogP contribution in [0.3, 0.4) is 0 Å². The molecule has 0 unspecified atom stereocenters. The minimum atomic E-state index is -0.797. The standard InChI is InChI=1S/C13H18BrNO2/c1-8(2)12(13(16)17)15-7-10-4-5-11(14)6-9(10)3/h4-6,8,12,15H,7H2,1-3H3,(H,16,17)/t12-/m0/s1. The topological polar surface area (TPSA) is 49.3 Å².